The van der Waals surface area contributed by atoms with Crippen LogP contribution in [0.2, 0.25) is 0 Å². The fraction of sp³-hybridized carbons (Fsp3) is 0.0769. The zero-order chi connectivity index (χ0) is 13.2. The Morgan fingerprint density at radius 1 is 1.42 bits per heavy atom. The number of hydrogen-bond acceptors (Lipinski definition) is 4. The van der Waals surface area contributed by atoms with Crippen LogP contribution < -0.4 is 11.1 Å². The maximum Gasteiger partial charge on any atom is 0.255 e. The third-order valence-corrected chi connectivity index (χ3v) is 2.92. The Balaban J connectivity index is 1.79. The molecule has 0 unspecified atom stereocenters. The van der Waals surface area contributed by atoms with Gasteiger partial charge in [0, 0.05) is 17.5 Å². The van der Waals surface area contributed by atoms with Crippen molar-refractivity contribution in [1.82, 2.24) is 15.5 Å². The van der Waals surface area contributed by atoms with Gasteiger partial charge < -0.3 is 15.5 Å². The monoisotopic (exact) mass is 256 g/mol. The summed E-state index contributed by atoms with van der Waals surface area (Å²) >= 11 is 0. The van der Waals surface area contributed by atoms with Crippen LogP contribution in [0, 0.1) is 0 Å². The van der Waals surface area contributed by atoms with E-state index < -0.39 is 0 Å². The highest BCUT2D eigenvalue weighted by Gasteiger charge is 2.13. The predicted octanol–water partition coefficient (Wildman–Crippen LogP) is 1.67. The Bertz CT molecular complexity index is 729. The molecule has 6 heteroatoms. The average molecular weight is 256 g/mol. The SMILES string of the molecule is Nc1[nH]ncc1CNC(=O)c1coc2ccccc12. The van der Waals surface area contributed by atoms with Gasteiger partial charge >= 0.3 is 0 Å². The lowest BCUT2D eigenvalue weighted by Crippen LogP contribution is -2.22. The minimum absolute atomic E-state index is 0.203. The fourth-order valence-corrected chi connectivity index (χ4v) is 1.89. The highest BCUT2D eigenvalue weighted by molar-refractivity contribution is 6.05. The zero-order valence-corrected chi connectivity index (χ0v) is 10.0. The van der Waals surface area contributed by atoms with Crippen LogP contribution in [0.4, 0.5) is 5.82 Å². The first-order valence-electron chi connectivity index (χ1n) is 5.78. The Morgan fingerprint density at radius 2 is 2.26 bits per heavy atom. The summed E-state index contributed by atoms with van der Waals surface area (Å²) in [5, 5.41) is 9.98. The van der Waals surface area contributed by atoms with E-state index in [-0.39, 0.29) is 5.91 Å². The van der Waals surface area contributed by atoms with Gasteiger partial charge in [-0.25, -0.2) is 0 Å². The summed E-state index contributed by atoms with van der Waals surface area (Å²) in [5.74, 6) is 0.253. The van der Waals surface area contributed by atoms with Crippen molar-refractivity contribution in [2.24, 2.45) is 0 Å². The van der Waals surface area contributed by atoms with E-state index in [0.717, 1.165) is 10.9 Å². The number of nitrogens with two attached hydrogens (primary N) is 1. The molecule has 0 bridgehead atoms. The van der Waals surface area contributed by atoms with Gasteiger partial charge in [-0.1, -0.05) is 18.2 Å². The van der Waals surface area contributed by atoms with Gasteiger partial charge in [-0.05, 0) is 6.07 Å². The first-order chi connectivity index (χ1) is 9.25. The molecule has 19 heavy (non-hydrogen) atoms. The number of anilines is 1. The van der Waals surface area contributed by atoms with E-state index in [4.69, 9.17) is 10.2 Å². The molecule has 1 aromatic carbocycles. The number of carbonyl (C=O) groups is 1. The number of para-hydroxylation sites is 1. The van der Waals surface area contributed by atoms with Crippen molar-refractivity contribution in [3.63, 3.8) is 0 Å². The van der Waals surface area contributed by atoms with E-state index >= 15 is 0 Å². The molecule has 0 aliphatic rings. The number of fused-ring (bicyclic) bond motifs is 1. The second-order valence-corrected chi connectivity index (χ2v) is 4.14. The number of benzene rings is 1. The molecule has 0 saturated carbocycles. The van der Waals surface area contributed by atoms with Crippen LogP contribution in [0.1, 0.15) is 15.9 Å². The summed E-state index contributed by atoms with van der Waals surface area (Å²) in [5.41, 5.74) is 7.60. The third-order valence-electron chi connectivity index (χ3n) is 2.92. The maximum absolute atomic E-state index is 12.1. The van der Waals surface area contributed by atoms with Crippen molar-refractivity contribution in [3.05, 3.63) is 47.9 Å². The molecule has 2 aromatic heterocycles. The van der Waals surface area contributed by atoms with Gasteiger partial charge in [0.1, 0.15) is 17.7 Å². The Kier molecular flexibility index (Phi) is 2.68. The molecule has 2 heterocycles. The largest absolute Gasteiger partial charge is 0.463 e. The first-order valence-corrected chi connectivity index (χ1v) is 5.78. The third kappa shape index (κ3) is 2.03. The Labute approximate surface area is 108 Å². The van der Waals surface area contributed by atoms with Gasteiger partial charge in [0.2, 0.25) is 0 Å². The highest BCUT2D eigenvalue weighted by atomic mass is 16.3. The lowest BCUT2D eigenvalue weighted by molar-refractivity contribution is 0.0952. The molecule has 6 nitrogen and oxygen atoms in total. The number of hydrogen-bond donors (Lipinski definition) is 3. The first kappa shape index (κ1) is 11.3. The van der Waals surface area contributed by atoms with Gasteiger partial charge in [0.25, 0.3) is 5.91 Å². The average Bonchev–Trinajstić information content (AvgIpc) is 3.02. The summed E-state index contributed by atoms with van der Waals surface area (Å²) in [6, 6.07) is 7.39. The molecule has 96 valence electrons. The lowest BCUT2D eigenvalue weighted by atomic mass is 10.1. The Hall–Kier alpha value is -2.76. The highest BCUT2D eigenvalue weighted by Crippen LogP contribution is 2.20. The van der Waals surface area contributed by atoms with Crippen LogP contribution in [-0.4, -0.2) is 16.1 Å². The molecule has 0 fully saturated rings. The molecule has 3 rings (SSSR count). The fourth-order valence-electron chi connectivity index (χ4n) is 1.89. The van der Waals surface area contributed by atoms with Crippen LogP contribution >= 0.6 is 0 Å². The second-order valence-electron chi connectivity index (χ2n) is 4.14. The molecular weight excluding hydrogens is 244 g/mol. The molecule has 0 aliphatic carbocycles. The minimum atomic E-state index is -0.203. The van der Waals surface area contributed by atoms with Crippen molar-refractivity contribution in [1.29, 1.82) is 0 Å². The number of furan rings is 1. The number of nitrogen functional groups attached to an aromatic ring is 1. The van der Waals surface area contributed by atoms with Gasteiger partial charge in [-0.3, -0.25) is 9.89 Å². The number of amides is 1. The summed E-state index contributed by atoms with van der Waals surface area (Å²) < 4.78 is 5.33. The molecular formula is C13H12N4O2. The van der Waals surface area contributed by atoms with Crippen molar-refractivity contribution in [3.8, 4) is 0 Å². The van der Waals surface area contributed by atoms with E-state index in [9.17, 15) is 4.79 Å². The predicted molar refractivity (Wildman–Crippen MR) is 70.4 cm³/mol. The summed E-state index contributed by atoms with van der Waals surface area (Å²) in [6.07, 6.45) is 3.04. The van der Waals surface area contributed by atoms with Crippen LogP contribution in [0.25, 0.3) is 11.0 Å². The molecule has 0 spiro atoms. The molecule has 1 amide bonds. The topological polar surface area (TPSA) is 96.9 Å². The number of nitrogens with one attached hydrogen (secondary N) is 2. The number of nitrogens with zero attached hydrogens (tertiary/aromatic N) is 1. The summed E-state index contributed by atoms with van der Waals surface area (Å²) in [4.78, 5) is 12.1. The van der Waals surface area contributed by atoms with Gasteiger partial charge in [-0.2, -0.15) is 5.10 Å². The summed E-state index contributed by atoms with van der Waals surface area (Å²) in [7, 11) is 0. The standard InChI is InChI=1S/C13H12N4O2/c14-12-8(6-16-17-12)5-15-13(18)10-7-19-11-4-2-1-3-9(10)11/h1-4,6-7H,5H2,(H,15,18)(H3,14,16,17). The van der Waals surface area contributed by atoms with Gasteiger partial charge in [0.05, 0.1) is 11.8 Å². The van der Waals surface area contributed by atoms with Crippen LogP contribution in [0.15, 0.2) is 41.1 Å². The number of rotatable bonds is 3. The number of aromatic nitrogens is 2. The normalized spacial score (nSPS) is 10.7. The second kappa shape index (κ2) is 4.49. The van der Waals surface area contributed by atoms with Crippen molar-refractivity contribution >= 4 is 22.7 Å². The van der Waals surface area contributed by atoms with E-state index in [1.807, 2.05) is 24.3 Å². The zero-order valence-electron chi connectivity index (χ0n) is 10.0. The van der Waals surface area contributed by atoms with Crippen LogP contribution in [0.5, 0.6) is 0 Å². The molecule has 0 atom stereocenters. The van der Waals surface area contributed by atoms with Crippen LogP contribution in [-0.2, 0) is 6.54 Å². The molecule has 3 aromatic rings. The molecule has 0 saturated heterocycles. The smallest absolute Gasteiger partial charge is 0.255 e. The minimum Gasteiger partial charge on any atom is -0.463 e. The Morgan fingerprint density at radius 3 is 3.05 bits per heavy atom. The number of aromatic amines is 1. The molecule has 0 radical (unpaired) electrons. The van der Waals surface area contributed by atoms with Crippen molar-refractivity contribution < 1.29 is 9.21 Å². The molecule has 0 aliphatic heterocycles. The van der Waals surface area contributed by atoms with Crippen LogP contribution in [0.3, 0.4) is 0 Å². The van der Waals surface area contributed by atoms with E-state index in [0.29, 0.717) is 23.5 Å². The quantitative estimate of drug-likeness (QED) is 0.664. The molecule has 4 N–H and O–H groups in total. The number of H-pyrrole nitrogens is 1. The van der Waals surface area contributed by atoms with E-state index in [1.165, 1.54) is 6.26 Å². The maximum atomic E-state index is 12.1. The summed E-state index contributed by atoms with van der Waals surface area (Å²) in [6.45, 7) is 0.320. The van der Waals surface area contributed by atoms with Gasteiger partial charge in [0.15, 0.2) is 0 Å². The van der Waals surface area contributed by atoms with E-state index in [2.05, 4.69) is 15.5 Å². The van der Waals surface area contributed by atoms with E-state index in [1.54, 1.807) is 6.20 Å². The van der Waals surface area contributed by atoms with Crippen molar-refractivity contribution in [2.75, 3.05) is 5.73 Å². The number of carbonyl (C=O) groups excluding carboxylic acids is 1. The van der Waals surface area contributed by atoms with Gasteiger partial charge in [-0.15, -0.1) is 0 Å². The van der Waals surface area contributed by atoms with Crippen molar-refractivity contribution in [2.45, 2.75) is 6.54 Å². The lowest BCUT2D eigenvalue weighted by Gasteiger charge is -2.02.